The molecular formula is C28H31BrFN3O4S. The van der Waals surface area contributed by atoms with Gasteiger partial charge in [-0.3, -0.25) is 13.9 Å². The van der Waals surface area contributed by atoms with E-state index < -0.39 is 40.2 Å². The number of sulfonamides is 1. The highest BCUT2D eigenvalue weighted by Gasteiger charge is 2.32. The first-order chi connectivity index (χ1) is 18.0. The maximum Gasteiger partial charge on any atom is 0.264 e. The molecule has 0 aliphatic rings. The average Bonchev–Trinajstić information content (AvgIpc) is 2.90. The third-order valence-corrected chi connectivity index (χ3v) is 8.33. The largest absolute Gasteiger partial charge is 0.354 e. The van der Waals surface area contributed by atoms with E-state index in [2.05, 4.69) is 21.2 Å². The van der Waals surface area contributed by atoms with E-state index in [0.717, 1.165) is 14.3 Å². The zero-order valence-electron chi connectivity index (χ0n) is 21.5. The SMILES string of the molecule is CCCNC(=O)[C@@H](C)N(Cc1ccccc1F)C(=O)CN(c1ccc(Br)cc1)S(=O)(=O)c1ccc(C)cc1. The van der Waals surface area contributed by atoms with E-state index in [1.165, 1.54) is 35.2 Å². The Kier molecular flexibility index (Phi) is 10.0. The number of carbonyl (C=O) groups is 2. The van der Waals surface area contributed by atoms with Crippen LogP contribution in [-0.4, -0.2) is 44.3 Å². The molecule has 0 saturated carbocycles. The first kappa shape index (κ1) is 29.3. The zero-order chi connectivity index (χ0) is 27.9. The van der Waals surface area contributed by atoms with Crippen LogP contribution in [0.15, 0.2) is 82.2 Å². The van der Waals surface area contributed by atoms with E-state index in [9.17, 15) is 22.4 Å². The molecular weight excluding hydrogens is 573 g/mol. The fraction of sp³-hybridized carbons (Fsp3) is 0.286. The summed E-state index contributed by atoms with van der Waals surface area (Å²) in [6.45, 7) is 4.92. The number of nitrogens with one attached hydrogen (secondary N) is 1. The highest BCUT2D eigenvalue weighted by atomic mass is 79.9. The van der Waals surface area contributed by atoms with Crippen molar-refractivity contribution in [3.8, 4) is 0 Å². The molecule has 0 saturated heterocycles. The number of rotatable bonds is 11. The van der Waals surface area contributed by atoms with Crippen molar-refractivity contribution < 1.29 is 22.4 Å². The Hall–Kier alpha value is -3.24. The van der Waals surface area contributed by atoms with Gasteiger partial charge in [-0.2, -0.15) is 0 Å². The molecule has 0 bridgehead atoms. The van der Waals surface area contributed by atoms with E-state index >= 15 is 0 Å². The number of amides is 2. The van der Waals surface area contributed by atoms with Gasteiger partial charge in [0.15, 0.2) is 0 Å². The van der Waals surface area contributed by atoms with Crippen LogP contribution < -0.4 is 9.62 Å². The number of nitrogens with zero attached hydrogens (tertiary/aromatic N) is 2. The molecule has 0 heterocycles. The Bertz CT molecular complexity index is 1370. The predicted octanol–water partition coefficient (Wildman–Crippen LogP) is 5.04. The molecule has 1 N–H and O–H groups in total. The monoisotopic (exact) mass is 603 g/mol. The van der Waals surface area contributed by atoms with Crippen molar-refractivity contribution in [2.75, 3.05) is 17.4 Å². The Morgan fingerprint density at radius 2 is 1.63 bits per heavy atom. The van der Waals surface area contributed by atoms with Crippen LogP contribution in [0.5, 0.6) is 0 Å². The van der Waals surface area contributed by atoms with E-state index in [-0.39, 0.29) is 22.7 Å². The molecule has 202 valence electrons. The second-order valence-electron chi connectivity index (χ2n) is 8.88. The van der Waals surface area contributed by atoms with Crippen molar-refractivity contribution in [2.45, 2.75) is 44.7 Å². The summed E-state index contributed by atoms with van der Waals surface area (Å²) in [5.41, 5.74) is 1.38. The Labute approximate surface area is 231 Å². The highest BCUT2D eigenvalue weighted by Crippen LogP contribution is 2.26. The van der Waals surface area contributed by atoms with Crippen LogP contribution in [-0.2, 0) is 26.2 Å². The summed E-state index contributed by atoms with van der Waals surface area (Å²) < 4.78 is 43.8. The number of benzene rings is 3. The first-order valence-electron chi connectivity index (χ1n) is 12.2. The maximum absolute atomic E-state index is 14.5. The van der Waals surface area contributed by atoms with E-state index in [4.69, 9.17) is 0 Å². The topological polar surface area (TPSA) is 86.8 Å². The first-order valence-corrected chi connectivity index (χ1v) is 14.4. The molecule has 0 fully saturated rings. The summed E-state index contributed by atoms with van der Waals surface area (Å²) in [6.07, 6.45) is 0.700. The van der Waals surface area contributed by atoms with Gasteiger partial charge in [-0.25, -0.2) is 12.8 Å². The number of hydrogen-bond donors (Lipinski definition) is 1. The van der Waals surface area contributed by atoms with Crippen molar-refractivity contribution in [3.05, 3.63) is 94.2 Å². The van der Waals surface area contributed by atoms with Crippen molar-refractivity contribution in [1.82, 2.24) is 10.2 Å². The fourth-order valence-corrected chi connectivity index (χ4v) is 5.44. The molecule has 38 heavy (non-hydrogen) atoms. The van der Waals surface area contributed by atoms with Gasteiger partial charge in [0.1, 0.15) is 18.4 Å². The molecule has 0 aliphatic carbocycles. The fourth-order valence-electron chi connectivity index (χ4n) is 3.76. The number of aryl methyl sites for hydroxylation is 1. The van der Waals surface area contributed by atoms with Gasteiger partial charge >= 0.3 is 0 Å². The Morgan fingerprint density at radius 1 is 1.00 bits per heavy atom. The van der Waals surface area contributed by atoms with Crippen LogP contribution in [0.2, 0.25) is 0 Å². The lowest BCUT2D eigenvalue weighted by Gasteiger charge is -2.32. The number of anilines is 1. The van der Waals surface area contributed by atoms with Crippen LogP contribution in [0.25, 0.3) is 0 Å². The Morgan fingerprint density at radius 3 is 2.24 bits per heavy atom. The summed E-state index contributed by atoms with van der Waals surface area (Å²) in [7, 11) is -4.16. The molecule has 0 unspecified atom stereocenters. The van der Waals surface area contributed by atoms with E-state index in [1.807, 2.05) is 13.8 Å². The molecule has 7 nitrogen and oxygen atoms in total. The van der Waals surface area contributed by atoms with Crippen molar-refractivity contribution >= 4 is 43.5 Å². The maximum atomic E-state index is 14.5. The van der Waals surface area contributed by atoms with Gasteiger partial charge < -0.3 is 10.2 Å². The Balaban J connectivity index is 2.02. The molecule has 10 heteroatoms. The second-order valence-corrected chi connectivity index (χ2v) is 11.7. The standard InChI is InChI=1S/C28H31BrFN3O4S/c1-4-17-31-28(35)21(3)32(18-22-7-5-6-8-26(22)30)27(34)19-33(24-13-11-23(29)12-14-24)38(36,37)25-15-9-20(2)10-16-25/h5-16,21H,4,17-19H2,1-3H3,(H,31,35)/t21-/m1/s1. The minimum atomic E-state index is -4.16. The van der Waals surface area contributed by atoms with Gasteiger partial charge in [0.2, 0.25) is 11.8 Å². The van der Waals surface area contributed by atoms with E-state index in [0.29, 0.717) is 13.0 Å². The van der Waals surface area contributed by atoms with Crippen molar-refractivity contribution in [2.24, 2.45) is 0 Å². The molecule has 3 rings (SSSR count). The van der Waals surface area contributed by atoms with Crippen molar-refractivity contribution in [3.63, 3.8) is 0 Å². The van der Waals surface area contributed by atoms with Gasteiger partial charge in [0, 0.05) is 23.1 Å². The highest BCUT2D eigenvalue weighted by molar-refractivity contribution is 9.10. The normalized spacial score (nSPS) is 12.0. The van der Waals surface area contributed by atoms with Gasteiger partial charge in [-0.05, 0) is 62.7 Å². The summed E-state index contributed by atoms with van der Waals surface area (Å²) >= 11 is 3.35. The van der Waals surface area contributed by atoms with Crippen LogP contribution >= 0.6 is 15.9 Å². The summed E-state index contributed by atoms with van der Waals surface area (Å²) in [5.74, 6) is -1.58. The van der Waals surface area contributed by atoms with Crippen LogP contribution in [0.4, 0.5) is 10.1 Å². The molecule has 0 spiro atoms. The lowest BCUT2D eigenvalue weighted by atomic mass is 10.1. The molecule has 2 amide bonds. The summed E-state index contributed by atoms with van der Waals surface area (Å²) in [4.78, 5) is 27.8. The van der Waals surface area contributed by atoms with Gasteiger partial charge in [0.25, 0.3) is 10.0 Å². The van der Waals surface area contributed by atoms with Gasteiger partial charge in [0.05, 0.1) is 10.6 Å². The smallest absolute Gasteiger partial charge is 0.264 e. The number of halogens is 2. The third kappa shape index (κ3) is 7.20. The minimum Gasteiger partial charge on any atom is -0.354 e. The number of hydrogen-bond acceptors (Lipinski definition) is 4. The lowest BCUT2D eigenvalue weighted by molar-refractivity contribution is -0.139. The molecule has 0 aromatic heterocycles. The van der Waals surface area contributed by atoms with Crippen LogP contribution in [0.3, 0.4) is 0 Å². The van der Waals surface area contributed by atoms with Crippen LogP contribution in [0.1, 0.15) is 31.4 Å². The van der Waals surface area contributed by atoms with Crippen molar-refractivity contribution in [1.29, 1.82) is 0 Å². The van der Waals surface area contributed by atoms with E-state index in [1.54, 1.807) is 49.4 Å². The quantitative estimate of drug-likeness (QED) is 0.333. The predicted molar refractivity (Wildman–Crippen MR) is 150 cm³/mol. The molecule has 0 radical (unpaired) electrons. The molecule has 3 aromatic rings. The molecule has 3 aromatic carbocycles. The third-order valence-electron chi connectivity index (χ3n) is 6.02. The lowest BCUT2D eigenvalue weighted by Crippen LogP contribution is -2.51. The minimum absolute atomic E-state index is 0.0215. The molecule has 1 atom stereocenters. The second kappa shape index (κ2) is 13.0. The van der Waals surface area contributed by atoms with Gasteiger partial charge in [-0.15, -0.1) is 0 Å². The zero-order valence-corrected chi connectivity index (χ0v) is 23.9. The summed E-state index contributed by atoms with van der Waals surface area (Å²) in [5, 5.41) is 2.76. The summed E-state index contributed by atoms with van der Waals surface area (Å²) in [6, 6.07) is 17.9. The number of carbonyl (C=O) groups excluding carboxylic acids is 2. The van der Waals surface area contributed by atoms with Crippen LogP contribution in [0, 0.1) is 12.7 Å². The molecule has 0 aliphatic heterocycles. The average molecular weight is 605 g/mol. The van der Waals surface area contributed by atoms with Gasteiger partial charge in [-0.1, -0.05) is 58.7 Å².